The minimum absolute atomic E-state index is 0.166. The highest BCUT2D eigenvalue weighted by molar-refractivity contribution is 7.89. The Morgan fingerprint density at radius 3 is 2.71 bits per heavy atom. The van der Waals surface area contributed by atoms with Crippen LogP contribution in [0.4, 0.5) is 0 Å². The van der Waals surface area contributed by atoms with Crippen LogP contribution in [0.25, 0.3) is 10.9 Å². The van der Waals surface area contributed by atoms with Gasteiger partial charge in [0.05, 0.1) is 4.90 Å². The number of aryl methyl sites for hydroxylation is 1. The van der Waals surface area contributed by atoms with Crippen LogP contribution < -0.4 is 5.14 Å². The molecule has 0 atom stereocenters. The Morgan fingerprint density at radius 1 is 1.36 bits per heavy atom. The van der Waals surface area contributed by atoms with Crippen molar-refractivity contribution in [1.82, 2.24) is 4.98 Å². The Labute approximate surface area is 81.8 Å². The van der Waals surface area contributed by atoms with Crippen LogP contribution >= 0.6 is 0 Å². The molecule has 0 fully saturated rings. The van der Waals surface area contributed by atoms with Gasteiger partial charge < -0.3 is 4.98 Å². The highest BCUT2D eigenvalue weighted by atomic mass is 32.2. The molecule has 1 aromatic carbocycles. The molecule has 1 heterocycles. The number of aromatic amines is 1. The van der Waals surface area contributed by atoms with Gasteiger partial charge in [-0.2, -0.15) is 0 Å². The number of rotatable bonds is 1. The zero-order chi connectivity index (χ0) is 10.3. The Balaban J connectivity index is 2.90. The van der Waals surface area contributed by atoms with Crippen molar-refractivity contribution in [2.45, 2.75) is 11.8 Å². The van der Waals surface area contributed by atoms with Gasteiger partial charge in [0, 0.05) is 16.6 Å². The van der Waals surface area contributed by atoms with Crippen LogP contribution in [-0.2, 0) is 10.0 Å². The van der Waals surface area contributed by atoms with E-state index in [0.717, 1.165) is 11.2 Å². The third kappa shape index (κ3) is 1.40. The van der Waals surface area contributed by atoms with Gasteiger partial charge in [-0.3, -0.25) is 0 Å². The first-order chi connectivity index (χ1) is 6.48. The summed E-state index contributed by atoms with van der Waals surface area (Å²) in [7, 11) is -3.64. The third-order valence-corrected chi connectivity index (χ3v) is 3.03. The molecular weight excluding hydrogens is 200 g/mol. The first-order valence-electron chi connectivity index (χ1n) is 4.09. The van der Waals surface area contributed by atoms with Crippen LogP contribution in [0.15, 0.2) is 29.2 Å². The summed E-state index contributed by atoms with van der Waals surface area (Å²) in [4.78, 5) is 3.22. The number of hydrogen-bond donors (Lipinski definition) is 2. The largest absolute Gasteiger partial charge is 0.359 e. The monoisotopic (exact) mass is 210 g/mol. The first-order valence-corrected chi connectivity index (χ1v) is 5.64. The standard InChI is InChI=1S/C9H10N2O2S/c1-6-5-7-8(11-6)3-2-4-9(7)14(10,12)13/h2-5,11H,1H3,(H2,10,12,13). The molecule has 0 unspecified atom stereocenters. The van der Waals surface area contributed by atoms with Gasteiger partial charge in [0.2, 0.25) is 10.0 Å². The molecule has 0 amide bonds. The van der Waals surface area contributed by atoms with Crippen LogP contribution in [0.3, 0.4) is 0 Å². The van der Waals surface area contributed by atoms with Crippen LogP contribution in [0.1, 0.15) is 5.69 Å². The molecule has 0 bridgehead atoms. The number of H-pyrrole nitrogens is 1. The van der Waals surface area contributed by atoms with E-state index in [1.165, 1.54) is 6.07 Å². The lowest BCUT2D eigenvalue weighted by molar-refractivity contribution is 0.598. The van der Waals surface area contributed by atoms with Crippen molar-refractivity contribution in [2.24, 2.45) is 5.14 Å². The Hall–Kier alpha value is -1.33. The average molecular weight is 210 g/mol. The summed E-state index contributed by atoms with van der Waals surface area (Å²) in [5.41, 5.74) is 1.70. The molecule has 0 radical (unpaired) electrons. The summed E-state index contributed by atoms with van der Waals surface area (Å²) in [5.74, 6) is 0. The quantitative estimate of drug-likeness (QED) is 0.740. The van der Waals surface area contributed by atoms with Gasteiger partial charge in [-0.15, -0.1) is 0 Å². The second-order valence-corrected chi connectivity index (χ2v) is 4.74. The summed E-state index contributed by atoms with van der Waals surface area (Å²) in [6.45, 7) is 1.87. The lowest BCUT2D eigenvalue weighted by Crippen LogP contribution is -2.12. The van der Waals surface area contributed by atoms with Crippen LogP contribution in [0.5, 0.6) is 0 Å². The molecule has 2 aromatic rings. The first kappa shape index (κ1) is 9.23. The second-order valence-electron chi connectivity index (χ2n) is 3.21. The molecule has 3 N–H and O–H groups in total. The fraction of sp³-hybridized carbons (Fsp3) is 0.111. The molecule has 14 heavy (non-hydrogen) atoms. The number of benzene rings is 1. The number of sulfonamides is 1. The Kier molecular flexibility index (Phi) is 1.87. The molecule has 0 aliphatic rings. The number of nitrogens with one attached hydrogen (secondary N) is 1. The van der Waals surface area contributed by atoms with Gasteiger partial charge in [-0.1, -0.05) is 6.07 Å². The number of aromatic nitrogens is 1. The van der Waals surface area contributed by atoms with E-state index in [0.29, 0.717) is 5.39 Å². The molecule has 74 valence electrons. The Morgan fingerprint density at radius 2 is 2.07 bits per heavy atom. The minimum atomic E-state index is -3.64. The van der Waals surface area contributed by atoms with E-state index in [1.54, 1.807) is 12.1 Å². The van der Waals surface area contributed by atoms with Crippen molar-refractivity contribution in [3.8, 4) is 0 Å². The molecule has 1 aromatic heterocycles. The van der Waals surface area contributed by atoms with Crippen molar-refractivity contribution in [3.05, 3.63) is 30.0 Å². The SMILES string of the molecule is Cc1cc2c(S(N)(=O)=O)cccc2[nH]1. The second kappa shape index (κ2) is 2.83. The predicted octanol–water partition coefficient (Wildman–Crippen LogP) is 1.12. The van der Waals surface area contributed by atoms with Crippen molar-refractivity contribution < 1.29 is 8.42 Å². The summed E-state index contributed by atoms with van der Waals surface area (Å²) >= 11 is 0. The number of fused-ring (bicyclic) bond motifs is 1. The molecule has 0 saturated heterocycles. The van der Waals surface area contributed by atoms with Gasteiger partial charge in [0.25, 0.3) is 0 Å². The predicted molar refractivity (Wildman–Crippen MR) is 54.4 cm³/mol. The lowest BCUT2D eigenvalue weighted by atomic mass is 10.2. The molecule has 0 aliphatic carbocycles. The zero-order valence-electron chi connectivity index (χ0n) is 7.61. The number of primary sulfonamides is 1. The van der Waals surface area contributed by atoms with E-state index in [-0.39, 0.29) is 4.90 Å². The fourth-order valence-corrected chi connectivity index (χ4v) is 2.26. The van der Waals surface area contributed by atoms with Gasteiger partial charge in [-0.05, 0) is 25.1 Å². The topological polar surface area (TPSA) is 76.0 Å². The highest BCUT2D eigenvalue weighted by Gasteiger charge is 2.12. The fourth-order valence-electron chi connectivity index (χ4n) is 1.52. The van der Waals surface area contributed by atoms with Crippen molar-refractivity contribution in [1.29, 1.82) is 0 Å². The molecule has 5 heteroatoms. The van der Waals surface area contributed by atoms with E-state index >= 15 is 0 Å². The minimum Gasteiger partial charge on any atom is -0.359 e. The lowest BCUT2D eigenvalue weighted by Gasteiger charge is -1.98. The van der Waals surface area contributed by atoms with Gasteiger partial charge >= 0.3 is 0 Å². The summed E-state index contributed by atoms with van der Waals surface area (Å²) in [6, 6.07) is 6.76. The molecule has 2 rings (SSSR count). The van der Waals surface area contributed by atoms with Crippen molar-refractivity contribution in [3.63, 3.8) is 0 Å². The van der Waals surface area contributed by atoms with Gasteiger partial charge in [-0.25, -0.2) is 13.6 Å². The van der Waals surface area contributed by atoms with Crippen molar-refractivity contribution in [2.75, 3.05) is 0 Å². The smallest absolute Gasteiger partial charge is 0.238 e. The Bertz CT molecular complexity index is 584. The van der Waals surface area contributed by atoms with E-state index in [1.807, 2.05) is 13.0 Å². The highest BCUT2D eigenvalue weighted by Crippen LogP contribution is 2.22. The summed E-state index contributed by atoms with van der Waals surface area (Å²) < 4.78 is 22.4. The molecule has 0 aliphatic heterocycles. The van der Waals surface area contributed by atoms with E-state index in [4.69, 9.17) is 5.14 Å². The van der Waals surface area contributed by atoms with E-state index in [2.05, 4.69) is 4.98 Å². The van der Waals surface area contributed by atoms with E-state index in [9.17, 15) is 8.42 Å². The summed E-state index contributed by atoms with van der Waals surface area (Å²) in [6.07, 6.45) is 0. The summed E-state index contributed by atoms with van der Waals surface area (Å²) in [5, 5.41) is 5.74. The molecule has 0 spiro atoms. The van der Waals surface area contributed by atoms with E-state index < -0.39 is 10.0 Å². The van der Waals surface area contributed by atoms with Crippen LogP contribution in [0, 0.1) is 6.92 Å². The van der Waals surface area contributed by atoms with Gasteiger partial charge in [0.1, 0.15) is 0 Å². The van der Waals surface area contributed by atoms with Crippen LogP contribution in [0.2, 0.25) is 0 Å². The molecule has 0 saturated carbocycles. The van der Waals surface area contributed by atoms with Crippen LogP contribution in [-0.4, -0.2) is 13.4 Å². The number of nitrogens with two attached hydrogens (primary N) is 1. The van der Waals surface area contributed by atoms with Gasteiger partial charge in [0.15, 0.2) is 0 Å². The molecule has 4 nitrogen and oxygen atoms in total. The maximum absolute atomic E-state index is 11.2. The zero-order valence-corrected chi connectivity index (χ0v) is 8.43. The molecular formula is C9H10N2O2S. The number of hydrogen-bond acceptors (Lipinski definition) is 2. The maximum atomic E-state index is 11.2. The average Bonchev–Trinajstić information content (AvgIpc) is 2.41. The van der Waals surface area contributed by atoms with Crippen molar-refractivity contribution >= 4 is 20.9 Å². The third-order valence-electron chi connectivity index (χ3n) is 2.07. The maximum Gasteiger partial charge on any atom is 0.238 e. The normalized spacial score (nSPS) is 12.1.